The quantitative estimate of drug-likeness (QED) is 0.834. The normalized spacial score (nSPS) is 10.5. The Labute approximate surface area is 82.1 Å². The number of rotatable bonds is 1. The molecular weight excluding hydrogens is 236 g/mol. The Morgan fingerprint density at radius 3 is 2.92 bits per heavy atom. The summed E-state index contributed by atoms with van der Waals surface area (Å²) in [6, 6.07) is 6.74. The zero-order valence-corrected chi connectivity index (χ0v) is 8.04. The van der Waals surface area contributed by atoms with Gasteiger partial charge >= 0.3 is 5.97 Å². The molecule has 1 heterocycles. The Morgan fingerprint density at radius 1 is 1.46 bits per heavy atom. The summed E-state index contributed by atoms with van der Waals surface area (Å²) in [5.41, 5.74) is 0.588. The van der Waals surface area contributed by atoms with Gasteiger partial charge < -0.3 is 9.52 Å². The Kier molecular flexibility index (Phi) is 1.84. The van der Waals surface area contributed by atoms with Crippen LogP contribution in [0.3, 0.4) is 0 Å². The lowest BCUT2D eigenvalue weighted by atomic mass is 10.1. The molecule has 0 saturated heterocycles. The molecule has 0 aliphatic carbocycles. The van der Waals surface area contributed by atoms with E-state index < -0.39 is 5.97 Å². The van der Waals surface area contributed by atoms with E-state index >= 15 is 0 Å². The molecule has 0 unspecified atom stereocenters. The Morgan fingerprint density at radius 2 is 2.23 bits per heavy atom. The van der Waals surface area contributed by atoms with E-state index in [1.165, 1.54) is 6.07 Å². The lowest BCUT2D eigenvalue weighted by Crippen LogP contribution is -1.95. The van der Waals surface area contributed by atoms with E-state index in [4.69, 9.17) is 9.52 Å². The minimum atomic E-state index is -0.979. The van der Waals surface area contributed by atoms with Crippen molar-refractivity contribution in [1.29, 1.82) is 0 Å². The van der Waals surface area contributed by atoms with Gasteiger partial charge in [0.1, 0.15) is 11.1 Å². The Balaban J connectivity index is 2.82. The second kappa shape index (κ2) is 2.88. The molecule has 1 N–H and O–H groups in total. The van der Waals surface area contributed by atoms with E-state index in [2.05, 4.69) is 15.9 Å². The molecule has 0 radical (unpaired) electrons. The lowest BCUT2D eigenvalue weighted by molar-refractivity contribution is 0.0698. The van der Waals surface area contributed by atoms with Gasteiger partial charge in [0, 0.05) is 5.39 Å². The highest BCUT2D eigenvalue weighted by atomic mass is 79.9. The van der Waals surface area contributed by atoms with Gasteiger partial charge in [-0.05, 0) is 28.1 Å². The van der Waals surface area contributed by atoms with Crippen LogP contribution in [0, 0.1) is 0 Å². The maximum Gasteiger partial charge on any atom is 0.339 e. The molecular formula is C9H5BrO3. The summed E-state index contributed by atoms with van der Waals surface area (Å²) in [5, 5.41) is 9.60. The van der Waals surface area contributed by atoms with E-state index in [0.717, 1.165) is 5.39 Å². The molecule has 66 valence electrons. The standard InChI is InChI=1S/C9H5BrO3/c10-7-4-5-2-1-3-6(9(11)12)8(5)13-7/h1-4H,(H,11,12). The molecule has 4 heteroatoms. The summed E-state index contributed by atoms with van der Waals surface area (Å²) in [5.74, 6) is -0.979. The van der Waals surface area contributed by atoms with Crippen LogP contribution >= 0.6 is 15.9 Å². The molecule has 3 nitrogen and oxygen atoms in total. The van der Waals surface area contributed by atoms with Gasteiger partial charge in [0.15, 0.2) is 4.67 Å². The summed E-state index contributed by atoms with van der Waals surface area (Å²) >= 11 is 3.15. The number of halogens is 1. The highest BCUT2D eigenvalue weighted by Gasteiger charge is 2.11. The monoisotopic (exact) mass is 240 g/mol. The van der Waals surface area contributed by atoms with Gasteiger partial charge in [-0.2, -0.15) is 0 Å². The van der Waals surface area contributed by atoms with Crippen LogP contribution in [0.5, 0.6) is 0 Å². The lowest BCUT2D eigenvalue weighted by Gasteiger charge is -1.93. The number of carbonyl (C=O) groups is 1. The number of fused-ring (bicyclic) bond motifs is 1. The number of aromatic carboxylic acids is 1. The molecule has 13 heavy (non-hydrogen) atoms. The van der Waals surface area contributed by atoms with Gasteiger partial charge in [-0.15, -0.1) is 0 Å². The van der Waals surface area contributed by atoms with E-state index in [0.29, 0.717) is 10.3 Å². The second-order valence-electron chi connectivity index (χ2n) is 2.58. The van der Waals surface area contributed by atoms with Crippen LogP contribution in [0.25, 0.3) is 11.0 Å². The van der Waals surface area contributed by atoms with Gasteiger partial charge in [0.05, 0.1) is 0 Å². The second-order valence-corrected chi connectivity index (χ2v) is 3.36. The van der Waals surface area contributed by atoms with E-state index in [1.54, 1.807) is 18.2 Å². The molecule has 1 aromatic carbocycles. The molecule has 0 saturated carbocycles. The third kappa shape index (κ3) is 1.33. The van der Waals surface area contributed by atoms with Crippen LogP contribution in [0.1, 0.15) is 10.4 Å². The van der Waals surface area contributed by atoms with E-state index in [1.807, 2.05) is 0 Å². The van der Waals surface area contributed by atoms with Gasteiger partial charge in [-0.3, -0.25) is 0 Å². The summed E-state index contributed by atoms with van der Waals surface area (Å²) in [7, 11) is 0. The molecule has 2 aromatic rings. The van der Waals surface area contributed by atoms with Crippen molar-refractivity contribution in [2.45, 2.75) is 0 Å². The number of hydrogen-bond donors (Lipinski definition) is 1. The summed E-state index contributed by atoms with van der Waals surface area (Å²) in [6.07, 6.45) is 0. The topological polar surface area (TPSA) is 50.4 Å². The maximum atomic E-state index is 10.7. The third-order valence-electron chi connectivity index (χ3n) is 1.74. The first kappa shape index (κ1) is 8.31. The van der Waals surface area contributed by atoms with Crippen LogP contribution in [-0.2, 0) is 0 Å². The van der Waals surface area contributed by atoms with Crippen molar-refractivity contribution < 1.29 is 14.3 Å². The fraction of sp³-hybridized carbons (Fsp3) is 0. The van der Waals surface area contributed by atoms with Crippen molar-refractivity contribution in [2.75, 3.05) is 0 Å². The van der Waals surface area contributed by atoms with Crippen LogP contribution in [0.15, 0.2) is 33.4 Å². The van der Waals surface area contributed by atoms with E-state index in [9.17, 15) is 4.79 Å². The van der Waals surface area contributed by atoms with Gasteiger partial charge in [0.2, 0.25) is 0 Å². The summed E-state index contributed by atoms with van der Waals surface area (Å²) in [6.45, 7) is 0. The predicted molar refractivity (Wildman–Crippen MR) is 50.9 cm³/mol. The predicted octanol–water partition coefficient (Wildman–Crippen LogP) is 2.89. The zero-order valence-electron chi connectivity index (χ0n) is 6.45. The van der Waals surface area contributed by atoms with E-state index in [-0.39, 0.29) is 5.56 Å². The smallest absolute Gasteiger partial charge is 0.339 e. The molecule has 0 aliphatic rings. The Bertz CT molecular complexity index is 473. The first-order valence-electron chi connectivity index (χ1n) is 3.60. The molecule has 0 aliphatic heterocycles. The number of carboxylic acid groups (broad SMARTS) is 1. The molecule has 0 spiro atoms. The van der Waals surface area contributed by atoms with Crippen LogP contribution in [0.4, 0.5) is 0 Å². The number of hydrogen-bond acceptors (Lipinski definition) is 2. The first-order chi connectivity index (χ1) is 6.18. The van der Waals surface area contributed by atoms with Crippen molar-refractivity contribution in [3.8, 4) is 0 Å². The highest BCUT2D eigenvalue weighted by molar-refractivity contribution is 9.10. The van der Waals surface area contributed by atoms with Gasteiger partial charge in [0.25, 0.3) is 0 Å². The summed E-state index contributed by atoms with van der Waals surface area (Å²) < 4.78 is 5.73. The highest BCUT2D eigenvalue weighted by Crippen LogP contribution is 2.26. The average Bonchev–Trinajstić information content (AvgIpc) is 2.43. The minimum absolute atomic E-state index is 0.184. The Hall–Kier alpha value is -1.29. The molecule has 1 aromatic heterocycles. The number of para-hydroxylation sites is 1. The van der Waals surface area contributed by atoms with Crippen molar-refractivity contribution in [3.05, 3.63) is 34.5 Å². The summed E-state index contributed by atoms with van der Waals surface area (Å²) in [4.78, 5) is 10.7. The largest absolute Gasteiger partial charge is 0.478 e. The average molecular weight is 241 g/mol. The van der Waals surface area contributed by atoms with Crippen molar-refractivity contribution in [1.82, 2.24) is 0 Å². The molecule has 2 rings (SSSR count). The molecule has 0 fully saturated rings. The number of furan rings is 1. The molecule has 0 atom stereocenters. The fourth-order valence-electron chi connectivity index (χ4n) is 1.20. The first-order valence-corrected chi connectivity index (χ1v) is 4.39. The number of carboxylic acids is 1. The molecule has 0 amide bonds. The van der Waals surface area contributed by atoms with Crippen LogP contribution in [-0.4, -0.2) is 11.1 Å². The van der Waals surface area contributed by atoms with Crippen molar-refractivity contribution in [2.24, 2.45) is 0 Å². The number of benzene rings is 1. The fourth-order valence-corrected chi connectivity index (χ4v) is 1.61. The third-order valence-corrected chi connectivity index (χ3v) is 2.14. The van der Waals surface area contributed by atoms with Crippen LogP contribution < -0.4 is 0 Å². The van der Waals surface area contributed by atoms with Crippen molar-refractivity contribution >= 4 is 32.9 Å². The molecule has 0 bridgehead atoms. The SMILES string of the molecule is O=C(O)c1cccc2cc(Br)oc12. The van der Waals surface area contributed by atoms with Gasteiger partial charge in [-0.25, -0.2) is 4.79 Å². The maximum absolute atomic E-state index is 10.7. The van der Waals surface area contributed by atoms with Gasteiger partial charge in [-0.1, -0.05) is 12.1 Å². The van der Waals surface area contributed by atoms with Crippen LogP contribution in [0.2, 0.25) is 0 Å². The minimum Gasteiger partial charge on any atom is -0.478 e. The van der Waals surface area contributed by atoms with Crippen molar-refractivity contribution in [3.63, 3.8) is 0 Å². The zero-order chi connectivity index (χ0) is 9.42.